The van der Waals surface area contributed by atoms with E-state index in [1.54, 1.807) is 5.57 Å². The lowest BCUT2D eigenvalue weighted by Crippen LogP contribution is -2.20. The molecule has 0 fully saturated rings. The Morgan fingerprint density at radius 3 is 2.88 bits per heavy atom. The highest BCUT2D eigenvalue weighted by molar-refractivity contribution is 5.10. The Balaban J connectivity index is 2.24. The molecule has 1 rings (SSSR count). The molecule has 0 spiro atoms. The van der Waals surface area contributed by atoms with Crippen LogP contribution in [0.5, 0.6) is 0 Å². The Hall–Kier alpha value is -0.560. The van der Waals surface area contributed by atoms with Gasteiger partial charge in [-0.1, -0.05) is 44.6 Å². The highest BCUT2D eigenvalue weighted by Crippen LogP contribution is 2.28. The SMILES string of the molecule is CC1=CC(C)C(/C=C/CNCC(C)C)CC1. The van der Waals surface area contributed by atoms with E-state index in [9.17, 15) is 0 Å². The normalized spacial score (nSPS) is 26.4. The summed E-state index contributed by atoms with van der Waals surface area (Å²) in [6, 6.07) is 0. The largest absolute Gasteiger partial charge is 0.313 e. The zero-order chi connectivity index (χ0) is 12.0. The van der Waals surface area contributed by atoms with Crippen molar-refractivity contribution in [3.63, 3.8) is 0 Å². The van der Waals surface area contributed by atoms with Gasteiger partial charge in [-0.25, -0.2) is 0 Å². The van der Waals surface area contributed by atoms with Gasteiger partial charge in [0.2, 0.25) is 0 Å². The maximum atomic E-state index is 3.45. The topological polar surface area (TPSA) is 12.0 Å². The second-order valence-corrected chi connectivity index (χ2v) is 5.55. The third-order valence-corrected chi connectivity index (χ3v) is 3.29. The van der Waals surface area contributed by atoms with Crippen molar-refractivity contribution >= 4 is 0 Å². The first-order valence-corrected chi connectivity index (χ1v) is 6.64. The van der Waals surface area contributed by atoms with E-state index in [4.69, 9.17) is 0 Å². The summed E-state index contributed by atoms with van der Waals surface area (Å²) in [6.07, 6.45) is 9.74. The number of nitrogens with one attached hydrogen (secondary N) is 1. The van der Waals surface area contributed by atoms with Crippen molar-refractivity contribution in [2.75, 3.05) is 13.1 Å². The Labute approximate surface area is 101 Å². The van der Waals surface area contributed by atoms with Crippen LogP contribution in [0.15, 0.2) is 23.8 Å². The van der Waals surface area contributed by atoms with Crippen LogP contribution in [0.3, 0.4) is 0 Å². The van der Waals surface area contributed by atoms with Crippen LogP contribution >= 0.6 is 0 Å². The Morgan fingerprint density at radius 1 is 1.50 bits per heavy atom. The molecule has 0 bridgehead atoms. The molecule has 1 N–H and O–H groups in total. The molecule has 2 atom stereocenters. The molecule has 0 aromatic rings. The van der Waals surface area contributed by atoms with Crippen LogP contribution < -0.4 is 5.32 Å². The third-order valence-electron chi connectivity index (χ3n) is 3.29. The van der Waals surface area contributed by atoms with Gasteiger partial charge in [0, 0.05) is 6.54 Å². The molecule has 0 radical (unpaired) electrons. The minimum atomic E-state index is 0.718. The van der Waals surface area contributed by atoms with Gasteiger partial charge in [0.05, 0.1) is 0 Å². The fourth-order valence-corrected chi connectivity index (χ4v) is 2.28. The standard InChI is InChI=1S/C15H27N/c1-12(2)11-16-9-5-6-15-8-7-13(3)10-14(15)4/h5-6,10,12,14-16H,7-9,11H2,1-4H3/b6-5+. The summed E-state index contributed by atoms with van der Waals surface area (Å²) < 4.78 is 0. The molecule has 16 heavy (non-hydrogen) atoms. The first-order chi connectivity index (χ1) is 7.59. The van der Waals surface area contributed by atoms with Crippen LogP contribution in [-0.2, 0) is 0 Å². The average molecular weight is 221 g/mol. The second-order valence-electron chi connectivity index (χ2n) is 5.55. The summed E-state index contributed by atoms with van der Waals surface area (Å²) in [5, 5.41) is 3.45. The first-order valence-electron chi connectivity index (χ1n) is 6.64. The van der Waals surface area contributed by atoms with Gasteiger partial charge < -0.3 is 5.32 Å². The van der Waals surface area contributed by atoms with Crippen molar-refractivity contribution in [1.29, 1.82) is 0 Å². The lowest BCUT2D eigenvalue weighted by molar-refractivity contribution is 0.447. The van der Waals surface area contributed by atoms with Crippen molar-refractivity contribution in [2.24, 2.45) is 17.8 Å². The molecule has 2 unspecified atom stereocenters. The van der Waals surface area contributed by atoms with Crippen LogP contribution in [-0.4, -0.2) is 13.1 Å². The van der Waals surface area contributed by atoms with Gasteiger partial charge in [-0.2, -0.15) is 0 Å². The fraction of sp³-hybridized carbons (Fsp3) is 0.733. The highest BCUT2D eigenvalue weighted by Gasteiger charge is 2.16. The molecule has 0 heterocycles. The smallest absolute Gasteiger partial charge is 0.0135 e. The van der Waals surface area contributed by atoms with Crippen LogP contribution in [0.2, 0.25) is 0 Å². The zero-order valence-electron chi connectivity index (χ0n) is 11.3. The average Bonchev–Trinajstić information content (AvgIpc) is 2.20. The Morgan fingerprint density at radius 2 is 2.25 bits per heavy atom. The van der Waals surface area contributed by atoms with Gasteiger partial charge in [0.1, 0.15) is 0 Å². The van der Waals surface area contributed by atoms with E-state index in [-0.39, 0.29) is 0 Å². The molecule has 0 amide bonds. The lowest BCUT2D eigenvalue weighted by Gasteiger charge is -2.24. The summed E-state index contributed by atoms with van der Waals surface area (Å²) >= 11 is 0. The Kier molecular flexibility index (Phi) is 5.83. The summed E-state index contributed by atoms with van der Waals surface area (Å²) in [6.45, 7) is 11.2. The molecular weight excluding hydrogens is 194 g/mol. The quantitative estimate of drug-likeness (QED) is 0.550. The van der Waals surface area contributed by atoms with Gasteiger partial charge in [-0.15, -0.1) is 0 Å². The summed E-state index contributed by atoms with van der Waals surface area (Å²) in [4.78, 5) is 0. The summed E-state index contributed by atoms with van der Waals surface area (Å²) in [5.74, 6) is 2.22. The maximum absolute atomic E-state index is 3.45. The molecule has 1 heteroatoms. The molecule has 0 aromatic heterocycles. The lowest BCUT2D eigenvalue weighted by atomic mass is 9.82. The van der Waals surface area contributed by atoms with Crippen LogP contribution in [0.4, 0.5) is 0 Å². The van der Waals surface area contributed by atoms with E-state index in [0.29, 0.717) is 0 Å². The summed E-state index contributed by atoms with van der Waals surface area (Å²) in [5.41, 5.74) is 1.56. The molecule has 92 valence electrons. The molecule has 1 nitrogen and oxygen atoms in total. The molecule has 0 saturated heterocycles. The number of hydrogen-bond acceptors (Lipinski definition) is 1. The van der Waals surface area contributed by atoms with E-state index in [1.165, 1.54) is 12.8 Å². The van der Waals surface area contributed by atoms with Gasteiger partial charge in [0.15, 0.2) is 0 Å². The highest BCUT2D eigenvalue weighted by atomic mass is 14.8. The number of rotatable bonds is 5. The maximum Gasteiger partial charge on any atom is 0.0135 e. The molecular formula is C15H27N. The van der Waals surface area contributed by atoms with Crippen molar-refractivity contribution in [2.45, 2.75) is 40.5 Å². The van der Waals surface area contributed by atoms with E-state index in [2.05, 4.69) is 51.2 Å². The molecule has 0 aromatic carbocycles. The minimum absolute atomic E-state index is 0.718. The Bertz CT molecular complexity index is 250. The van der Waals surface area contributed by atoms with Gasteiger partial charge >= 0.3 is 0 Å². The van der Waals surface area contributed by atoms with Gasteiger partial charge in [0.25, 0.3) is 0 Å². The molecule has 1 aliphatic carbocycles. The van der Waals surface area contributed by atoms with Gasteiger partial charge in [-0.05, 0) is 44.1 Å². The summed E-state index contributed by atoms with van der Waals surface area (Å²) in [7, 11) is 0. The van der Waals surface area contributed by atoms with E-state index in [1.807, 2.05) is 0 Å². The van der Waals surface area contributed by atoms with Crippen molar-refractivity contribution < 1.29 is 0 Å². The van der Waals surface area contributed by atoms with E-state index >= 15 is 0 Å². The van der Waals surface area contributed by atoms with Crippen LogP contribution in [0, 0.1) is 17.8 Å². The molecule has 0 aliphatic heterocycles. The monoisotopic (exact) mass is 221 g/mol. The minimum Gasteiger partial charge on any atom is -0.313 e. The predicted molar refractivity (Wildman–Crippen MR) is 72.5 cm³/mol. The van der Waals surface area contributed by atoms with E-state index in [0.717, 1.165) is 30.8 Å². The van der Waals surface area contributed by atoms with Crippen LogP contribution in [0.25, 0.3) is 0 Å². The fourth-order valence-electron chi connectivity index (χ4n) is 2.28. The van der Waals surface area contributed by atoms with Crippen molar-refractivity contribution in [3.8, 4) is 0 Å². The number of allylic oxidation sites excluding steroid dienone is 3. The number of hydrogen-bond donors (Lipinski definition) is 1. The van der Waals surface area contributed by atoms with E-state index < -0.39 is 0 Å². The van der Waals surface area contributed by atoms with Gasteiger partial charge in [-0.3, -0.25) is 0 Å². The predicted octanol–water partition coefficient (Wildman–Crippen LogP) is 3.78. The van der Waals surface area contributed by atoms with Crippen LogP contribution in [0.1, 0.15) is 40.5 Å². The molecule has 0 saturated carbocycles. The third kappa shape index (κ3) is 4.98. The van der Waals surface area contributed by atoms with Crippen molar-refractivity contribution in [1.82, 2.24) is 5.32 Å². The first kappa shape index (κ1) is 13.5. The van der Waals surface area contributed by atoms with Crippen molar-refractivity contribution in [3.05, 3.63) is 23.8 Å². The zero-order valence-corrected chi connectivity index (χ0v) is 11.3. The molecule has 1 aliphatic rings. The second kappa shape index (κ2) is 6.90.